The molecule has 0 heterocycles. The minimum Gasteiger partial charge on any atom is -0.483 e. The van der Waals surface area contributed by atoms with Gasteiger partial charge < -0.3 is 15.4 Å². The number of hydrazone groups is 1. The first-order valence-electron chi connectivity index (χ1n) is 10.8. The highest BCUT2D eigenvalue weighted by Gasteiger charge is 2.16. The molecule has 3 N–H and O–H groups in total. The Morgan fingerprint density at radius 3 is 2.33 bits per heavy atom. The number of carbonyl (C=O) groups is 3. The normalized spacial score (nSPS) is 10.7. The fraction of sp³-hybridized carbons (Fsp3) is 0.154. The second kappa shape index (κ2) is 12.2. The van der Waals surface area contributed by atoms with Crippen molar-refractivity contribution in [2.24, 2.45) is 5.10 Å². The van der Waals surface area contributed by atoms with Gasteiger partial charge in [-0.3, -0.25) is 14.4 Å². The van der Waals surface area contributed by atoms with Gasteiger partial charge in [-0.25, -0.2) is 5.43 Å². The van der Waals surface area contributed by atoms with Crippen molar-refractivity contribution in [3.63, 3.8) is 0 Å². The monoisotopic (exact) mass is 526 g/mol. The highest BCUT2D eigenvalue weighted by molar-refractivity contribution is 6.45. The molecule has 0 radical (unpaired) electrons. The lowest BCUT2D eigenvalue weighted by Crippen LogP contribution is -2.32. The molecule has 8 nitrogen and oxygen atoms in total. The maximum atomic E-state index is 12.5. The largest absolute Gasteiger partial charge is 0.483 e. The van der Waals surface area contributed by atoms with Crippen LogP contribution in [0.4, 0.5) is 11.4 Å². The van der Waals surface area contributed by atoms with Gasteiger partial charge in [0, 0.05) is 11.3 Å². The Bertz CT molecular complexity index is 1320. The van der Waals surface area contributed by atoms with Gasteiger partial charge in [0.1, 0.15) is 5.75 Å². The van der Waals surface area contributed by atoms with Crippen molar-refractivity contribution >= 4 is 58.5 Å². The van der Waals surface area contributed by atoms with Gasteiger partial charge in [0.25, 0.3) is 5.91 Å². The van der Waals surface area contributed by atoms with E-state index >= 15 is 0 Å². The van der Waals surface area contributed by atoms with Crippen LogP contribution in [0.15, 0.2) is 59.7 Å². The molecule has 0 aliphatic heterocycles. The summed E-state index contributed by atoms with van der Waals surface area (Å²) in [7, 11) is 0. The van der Waals surface area contributed by atoms with Gasteiger partial charge in [-0.2, -0.15) is 5.10 Å². The van der Waals surface area contributed by atoms with E-state index in [1.807, 2.05) is 32.9 Å². The quantitative estimate of drug-likeness (QED) is 0.228. The fourth-order valence-corrected chi connectivity index (χ4v) is 3.75. The maximum Gasteiger partial charge on any atom is 0.329 e. The number of rotatable bonds is 7. The smallest absolute Gasteiger partial charge is 0.329 e. The second-order valence-corrected chi connectivity index (χ2v) is 8.69. The van der Waals surface area contributed by atoms with E-state index < -0.39 is 11.8 Å². The van der Waals surface area contributed by atoms with E-state index in [-0.39, 0.29) is 28.2 Å². The van der Waals surface area contributed by atoms with E-state index in [9.17, 15) is 14.4 Å². The van der Waals surface area contributed by atoms with Crippen molar-refractivity contribution in [2.45, 2.75) is 20.8 Å². The van der Waals surface area contributed by atoms with Gasteiger partial charge in [-0.1, -0.05) is 59.1 Å². The van der Waals surface area contributed by atoms with E-state index in [0.29, 0.717) is 11.3 Å². The Morgan fingerprint density at radius 2 is 1.61 bits per heavy atom. The van der Waals surface area contributed by atoms with E-state index in [0.717, 1.165) is 22.4 Å². The molecule has 10 heteroatoms. The molecule has 3 amide bonds. The molecule has 0 aromatic heterocycles. The standard InChI is InChI=1S/C26H24Cl2N4O4/c1-15-11-16(2)24(17(3)12-15)31-22(33)14-36-21-10-5-4-7-18(21)13-29-32-26(35)25(34)30-20-9-6-8-19(27)23(20)28/h4-13H,14H2,1-3H3,(H,30,34)(H,31,33)(H,32,35)/b29-13-. The Hall–Kier alpha value is -3.88. The van der Waals surface area contributed by atoms with Crippen LogP contribution in [0.5, 0.6) is 5.75 Å². The summed E-state index contributed by atoms with van der Waals surface area (Å²) < 4.78 is 5.66. The molecule has 0 saturated carbocycles. The van der Waals surface area contributed by atoms with E-state index in [4.69, 9.17) is 27.9 Å². The van der Waals surface area contributed by atoms with Crippen molar-refractivity contribution in [3.8, 4) is 5.75 Å². The number of carbonyl (C=O) groups excluding carboxylic acids is 3. The van der Waals surface area contributed by atoms with E-state index in [1.165, 1.54) is 12.3 Å². The average Bonchev–Trinajstić information content (AvgIpc) is 2.83. The second-order valence-electron chi connectivity index (χ2n) is 7.90. The Labute approximate surface area is 218 Å². The molecular formula is C26H24Cl2N4O4. The number of nitrogens with one attached hydrogen (secondary N) is 3. The number of hydrogen-bond donors (Lipinski definition) is 3. The summed E-state index contributed by atoms with van der Waals surface area (Å²) >= 11 is 11.9. The molecule has 0 bridgehead atoms. The van der Waals surface area contributed by atoms with Gasteiger partial charge >= 0.3 is 11.8 Å². The van der Waals surface area contributed by atoms with Gasteiger partial charge in [0.15, 0.2) is 6.61 Å². The molecule has 3 rings (SSSR count). The summed E-state index contributed by atoms with van der Waals surface area (Å²) in [6, 6.07) is 15.4. The van der Waals surface area contributed by atoms with Crippen LogP contribution in [0.1, 0.15) is 22.3 Å². The van der Waals surface area contributed by atoms with Crippen molar-refractivity contribution in [2.75, 3.05) is 17.2 Å². The number of para-hydroxylation sites is 1. The first-order chi connectivity index (χ1) is 17.2. The molecule has 0 unspecified atom stereocenters. The van der Waals surface area contributed by atoms with Gasteiger partial charge in [0.05, 0.1) is 21.9 Å². The van der Waals surface area contributed by atoms with Crippen LogP contribution in [0, 0.1) is 20.8 Å². The number of nitrogens with zero attached hydrogens (tertiary/aromatic N) is 1. The van der Waals surface area contributed by atoms with Crippen molar-refractivity contribution in [1.82, 2.24) is 5.43 Å². The minimum absolute atomic E-state index is 0.117. The highest BCUT2D eigenvalue weighted by Crippen LogP contribution is 2.29. The zero-order chi connectivity index (χ0) is 26.2. The SMILES string of the molecule is Cc1cc(C)c(NC(=O)COc2ccccc2/C=N\NC(=O)C(=O)Nc2cccc(Cl)c2Cl)c(C)c1. The van der Waals surface area contributed by atoms with E-state index in [1.54, 1.807) is 36.4 Å². The zero-order valence-electron chi connectivity index (χ0n) is 19.8. The number of benzene rings is 3. The topological polar surface area (TPSA) is 109 Å². The fourth-order valence-electron chi connectivity index (χ4n) is 3.41. The zero-order valence-corrected chi connectivity index (χ0v) is 21.3. The highest BCUT2D eigenvalue weighted by atomic mass is 35.5. The molecule has 3 aromatic carbocycles. The summed E-state index contributed by atoms with van der Waals surface area (Å²) in [4.78, 5) is 36.7. The lowest BCUT2D eigenvalue weighted by Gasteiger charge is -2.14. The lowest BCUT2D eigenvalue weighted by atomic mass is 10.1. The first kappa shape index (κ1) is 26.7. The molecule has 0 spiro atoms. The summed E-state index contributed by atoms with van der Waals surface area (Å²) in [5.41, 5.74) is 6.62. The molecule has 0 fully saturated rings. The van der Waals surface area contributed by atoms with Crippen LogP contribution in [-0.4, -0.2) is 30.5 Å². The lowest BCUT2D eigenvalue weighted by molar-refractivity contribution is -0.136. The van der Waals surface area contributed by atoms with Crippen LogP contribution < -0.4 is 20.8 Å². The summed E-state index contributed by atoms with van der Waals surface area (Å²) in [5.74, 6) is -1.93. The van der Waals surface area contributed by atoms with Gasteiger partial charge in [-0.15, -0.1) is 0 Å². The van der Waals surface area contributed by atoms with Crippen LogP contribution in [-0.2, 0) is 14.4 Å². The van der Waals surface area contributed by atoms with Gasteiger partial charge in [-0.05, 0) is 56.2 Å². The van der Waals surface area contributed by atoms with Gasteiger partial charge in [0.2, 0.25) is 0 Å². The van der Waals surface area contributed by atoms with Crippen LogP contribution >= 0.6 is 23.2 Å². The average molecular weight is 527 g/mol. The maximum absolute atomic E-state index is 12.5. The molecule has 186 valence electrons. The molecule has 0 atom stereocenters. The first-order valence-corrected chi connectivity index (χ1v) is 11.6. The predicted molar refractivity (Wildman–Crippen MR) is 142 cm³/mol. The van der Waals surface area contributed by atoms with Crippen molar-refractivity contribution in [1.29, 1.82) is 0 Å². The molecular weight excluding hydrogens is 503 g/mol. The number of amides is 3. The van der Waals surface area contributed by atoms with Crippen molar-refractivity contribution in [3.05, 3.63) is 86.9 Å². The number of anilines is 2. The molecule has 0 aliphatic carbocycles. The summed E-state index contributed by atoms with van der Waals surface area (Å²) in [5, 5.41) is 9.40. The molecule has 36 heavy (non-hydrogen) atoms. The third kappa shape index (κ3) is 7.07. The number of ether oxygens (including phenoxy) is 1. The Balaban J connectivity index is 1.57. The summed E-state index contributed by atoms with van der Waals surface area (Å²) in [6.07, 6.45) is 1.30. The molecule has 0 aliphatic rings. The number of halogens is 2. The number of hydrogen-bond acceptors (Lipinski definition) is 5. The van der Waals surface area contributed by atoms with Crippen molar-refractivity contribution < 1.29 is 19.1 Å². The van der Waals surface area contributed by atoms with E-state index in [2.05, 4.69) is 21.2 Å². The minimum atomic E-state index is -1.01. The van der Waals surface area contributed by atoms with Crippen LogP contribution in [0.25, 0.3) is 0 Å². The molecule has 0 saturated heterocycles. The Morgan fingerprint density at radius 1 is 0.917 bits per heavy atom. The van der Waals surface area contributed by atoms with Crippen LogP contribution in [0.2, 0.25) is 10.0 Å². The summed E-state index contributed by atoms with van der Waals surface area (Å²) in [6.45, 7) is 5.63. The third-order valence-electron chi connectivity index (χ3n) is 4.99. The number of aryl methyl sites for hydroxylation is 3. The van der Waals surface area contributed by atoms with Crippen LogP contribution in [0.3, 0.4) is 0 Å². The third-order valence-corrected chi connectivity index (χ3v) is 5.81. The predicted octanol–water partition coefficient (Wildman–Crippen LogP) is 5.02. The molecule has 3 aromatic rings. The Kier molecular flexibility index (Phi) is 9.05.